The van der Waals surface area contributed by atoms with Crippen molar-refractivity contribution in [3.8, 4) is 5.75 Å². The molecule has 0 amide bonds. The average molecular weight is 237 g/mol. The zero-order valence-corrected chi connectivity index (χ0v) is 11.1. The highest BCUT2D eigenvalue weighted by Gasteiger charge is 2.01. The van der Waals surface area contributed by atoms with Crippen molar-refractivity contribution in [2.24, 2.45) is 0 Å². The Balaban J connectivity index is 2.28. The number of hydrogen-bond acceptors (Lipinski definition) is 3. The van der Waals surface area contributed by atoms with Crippen LogP contribution in [0, 0.1) is 13.8 Å². The van der Waals surface area contributed by atoms with E-state index in [1.54, 1.807) is 0 Å². The van der Waals surface area contributed by atoms with Gasteiger partial charge in [0.25, 0.3) is 0 Å². The van der Waals surface area contributed by atoms with Crippen LogP contribution in [0.1, 0.15) is 17.5 Å². The van der Waals surface area contributed by atoms with E-state index in [0.717, 1.165) is 31.9 Å². The molecule has 0 bridgehead atoms. The molecule has 0 unspecified atom stereocenters. The Morgan fingerprint density at radius 2 is 2.00 bits per heavy atom. The van der Waals surface area contributed by atoms with Crippen molar-refractivity contribution in [2.45, 2.75) is 20.3 Å². The van der Waals surface area contributed by atoms with Crippen molar-refractivity contribution in [2.75, 3.05) is 33.4 Å². The Hall–Kier alpha value is -1.06. The lowest BCUT2D eigenvalue weighted by atomic mass is 10.1. The molecule has 0 spiro atoms. The van der Waals surface area contributed by atoms with E-state index in [4.69, 9.17) is 9.84 Å². The van der Waals surface area contributed by atoms with Crippen molar-refractivity contribution >= 4 is 0 Å². The minimum absolute atomic E-state index is 0.217. The summed E-state index contributed by atoms with van der Waals surface area (Å²) < 4.78 is 5.76. The van der Waals surface area contributed by atoms with E-state index in [0.29, 0.717) is 0 Å². The Morgan fingerprint density at radius 1 is 1.24 bits per heavy atom. The highest BCUT2D eigenvalue weighted by molar-refractivity contribution is 5.35. The molecule has 1 aromatic carbocycles. The third-order valence-corrected chi connectivity index (χ3v) is 2.77. The zero-order valence-electron chi connectivity index (χ0n) is 11.1. The molecule has 0 aliphatic carbocycles. The summed E-state index contributed by atoms with van der Waals surface area (Å²) in [6.45, 7) is 6.75. The normalized spacial score (nSPS) is 10.9. The molecule has 3 heteroatoms. The Bertz CT molecular complexity index is 339. The van der Waals surface area contributed by atoms with Gasteiger partial charge in [-0.2, -0.15) is 0 Å². The molecule has 96 valence electrons. The summed E-state index contributed by atoms with van der Waals surface area (Å²) in [6, 6.07) is 6.26. The predicted octanol–water partition coefficient (Wildman–Crippen LogP) is 2.00. The molecule has 0 atom stereocenters. The van der Waals surface area contributed by atoms with E-state index in [-0.39, 0.29) is 6.61 Å². The smallest absolute Gasteiger partial charge is 0.122 e. The predicted molar refractivity (Wildman–Crippen MR) is 70.6 cm³/mol. The van der Waals surface area contributed by atoms with Gasteiger partial charge in [0.05, 0.1) is 13.2 Å². The zero-order chi connectivity index (χ0) is 12.7. The maximum atomic E-state index is 8.77. The third-order valence-electron chi connectivity index (χ3n) is 2.77. The molecule has 0 fully saturated rings. The van der Waals surface area contributed by atoms with Crippen LogP contribution in [0.5, 0.6) is 5.75 Å². The summed E-state index contributed by atoms with van der Waals surface area (Å²) in [5, 5.41) is 8.77. The number of hydrogen-bond donors (Lipinski definition) is 1. The van der Waals surface area contributed by atoms with Gasteiger partial charge in [-0.05, 0) is 44.5 Å². The van der Waals surface area contributed by atoms with Crippen LogP contribution in [0.15, 0.2) is 18.2 Å². The largest absolute Gasteiger partial charge is 0.493 e. The van der Waals surface area contributed by atoms with Crippen molar-refractivity contribution in [3.05, 3.63) is 29.3 Å². The topological polar surface area (TPSA) is 32.7 Å². The van der Waals surface area contributed by atoms with Crippen molar-refractivity contribution in [1.29, 1.82) is 0 Å². The van der Waals surface area contributed by atoms with E-state index in [2.05, 4.69) is 36.9 Å². The molecule has 0 saturated heterocycles. The molecule has 3 nitrogen and oxygen atoms in total. The van der Waals surface area contributed by atoms with Gasteiger partial charge in [0, 0.05) is 13.1 Å². The first kappa shape index (κ1) is 14.0. The summed E-state index contributed by atoms with van der Waals surface area (Å²) in [4.78, 5) is 2.10. The van der Waals surface area contributed by atoms with Gasteiger partial charge in [-0.3, -0.25) is 0 Å². The summed E-state index contributed by atoms with van der Waals surface area (Å²) in [5.41, 5.74) is 2.40. The maximum absolute atomic E-state index is 8.77. The Labute approximate surface area is 104 Å². The van der Waals surface area contributed by atoms with E-state index in [1.807, 2.05) is 7.05 Å². The number of ether oxygens (including phenoxy) is 1. The van der Waals surface area contributed by atoms with Gasteiger partial charge >= 0.3 is 0 Å². The third kappa shape index (κ3) is 5.20. The van der Waals surface area contributed by atoms with Gasteiger partial charge in [0.15, 0.2) is 0 Å². The van der Waals surface area contributed by atoms with Crippen molar-refractivity contribution in [1.82, 2.24) is 4.90 Å². The highest BCUT2D eigenvalue weighted by Crippen LogP contribution is 2.19. The van der Waals surface area contributed by atoms with Crippen LogP contribution in [-0.2, 0) is 0 Å². The lowest BCUT2D eigenvalue weighted by Gasteiger charge is -2.15. The summed E-state index contributed by atoms with van der Waals surface area (Å²) in [6.07, 6.45) is 0.976. The fourth-order valence-electron chi connectivity index (χ4n) is 1.66. The molecule has 1 N–H and O–H groups in total. The second-order valence-electron chi connectivity index (χ2n) is 4.50. The van der Waals surface area contributed by atoms with Gasteiger partial charge in [0.1, 0.15) is 5.75 Å². The van der Waals surface area contributed by atoms with E-state index < -0.39 is 0 Å². The number of likely N-dealkylation sites (N-methyl/N-ethyl adjacent to an activating group) is 1. The van der Waals surface area contributed by atoms with Gasteiger partial charge in [-0.25, -0.2) is 0 Å². The minimum Gasteiger partial charge on any atom is -0.493 e. The first-order valence-electron chi connectivity index (χ1n) is 6.13. The minimum atomic E-state index is 0.217. The average Bonchev–Trinajstić information content (AvgIpc) is 2.29. The Morgan fingerprint density at radius 3 is 2.71 bits per heavy atom. The SMILES string of the molecule is Cc1ccc(C)c(OCCCN(C)CCO)c1. The number of rotatable bonds is 7. The Kier molecular flexibility index (Phi) is 6.01. The standard InChI is InChI=1S/C14H23NO2/c1-12-5-6-13(2)14(11-12)17-10-4-7-15(3)8-9-16/h5-6,11,16H,4,7-10H2,1-3H3. The molecule has 0 radical (unpaired) electrons. The monoisotopic (exact) mass is 237 g/mol. The first-order chi connectivity index (χ1) is 8.13. The van der Waals surface area contributed by atoms with Gasteiger partial charge in [0.2, 0.25) is 0 Å². The van der Waals surface area contributed by atoms with Crippen LogP contribution < -0.4 is 4.74 Å². The van der Waals surface area contributed by atoms with E-state index in [9.17, 15) is 0 Å². The molecule has 0 aliphatic heterocycles. The number of aliphatic hydroxyl groups is 1. The maximum Gasteiger partial charge on any atom is 0.122 e. The summed E-state index contributed by atoms with van der Waals surface area (Å²) in [7, 11) is 2.01. The summed E-state index contributed by atoms with van der Waals surface area (Å²) in [5.74, 6) is 0.981. The lowest BCUT2D eigenvalue weighted by molar-refractivity contribution is 0.207. The molecular formula is C14H23NO2. The lowest BCUT2D eigenvalue weighted by Crippen LogP contribution is -2.24. The second-order valence-corrected chi connectivity index (χ2v) is 4.50. The number of benzene rings is 1. The van der Waals surface area contributed by atoms with Crippen molar-refractivity contribution in [3.63, 3.8) is 0 Å². The van der Waals surface area contributed by atoms with Gasteiger partial charge < -0.3 is 14.7 Å². The van der Waals surface area contributed by atoms with Crippen molar-refractivity contribution < 1.29 is 9.84 Å². The van der Waals surface area contributed by atoms with Gasteiger partial charge in [-0.1, -0.05) is 12.1 Å². The molecule has 0 saturated carbocycles. The molecule has 17 heavy (non-hydrogen) atoms. The van der Waals surface area contributed by atoms with E-state index >= 15 is 0 Å². The molecule has 0 heterocycles. The van der Waals surface area contributed by atoms with Crippen LogP contribution in [0.3, 0.4) is 0 Å². The van der Waals surface area contributed by atoms with Crippen LogP contribution >= 0.6 is 0 Å². The van der Waals surface area contributed by atoms with E-state index in [1.165, 1.54) is 11.1 Å². The number of aryl methyl sites for hydroxylation is 2. The van der Waals surface area contributed by atoms with Crippen LogP contribution in [0.4, 0.5) is 0 Å². The van der Waals surface area contributed by atoms with Crippen LogP contribution in [0.25, 0.3) is 0 Å². The molecule has 1 rings (SSSR count). The molecule has 0 aromatic heterocycles. The molecular weight excluding hydrogens is 214 g/mol. The quantitative estimate of drug-likeness (QED) is 0.736. The highest BCUT2D eigenvalue weighted by atomic mass is 16.5. The van der Waals surface area contributed by atoms with Crippen LogP contribution in [0.2, 0.25) is 0 Å². The second kappa shape index (κ2) is 7.30. The van der Waals surface area contributed by atoms with Gasteiger partial charge in [-0.15, -0.1) is 0 Å². The number of nitrogens with zero attached hydrogens (tertiary/aromatic N) is 1. The molecule has 1 aromatic rings. The fraction of sp³-hybridized carbons (Fsp3) is 0.571. The molecule has 0 aliphatic rings. The number of aliphatic hydroxyl groups excluding tert-OH is 1. The first-order valence-corrected chi connectivity index (χ1v) is 6.13. The van der Waals surface area contributed by atoms with Crippen LogP contribution in [-0.4, -0.2) is 43.4 Å². The fourth-order valence-corrected chi connectivity index (χ4v) is 1.66. The summed E-state index contributed by atoms with van der Waals surface area (Å²) >= 11 is 0.